The fourth-order valence-corrected chi connectivity index (χ4v) is 3.81. The highest BCUT2D eigenvalue weighted by atomic mass is 32.1. The van der Waals surface area contributed by atoms with Gasteiger partial charge in [-0.1, -0.05) is 11.3 Å². The van der Waals surface area contributed by atoms with E-state index >= 15 is 0 Å². The summed E-state index contributed by atoms with van der Waals surface area (Å²) >= 11 is 1.06. The number of anilines is 2. The number of fused-ring (bicyclic) bond motifs is 1. The van der Waals surface area contributed by atoms with E-state index in [1.165, 1.54) is 18.2 Å². The van der Waals surface area contributed by atoms with Crippen molar-refractivity contribution in [3.63, 3.8) is 0 Å². The zero-order valence-corrected chi connectivity index (χ0v) is 15.7. The third kappa shape index (κ3) is 4.57. The number of pyridine rings is 1. The zero-order valence-electron chi connectivity index (χ0n) is 14.9. The minimum absolute atomic E-state index is 0.269. The van der Waals surface area contributed by atoms with Crippen molar-refractivity contribution >= 4 is 38.4 Å². The molecule has 3 heterocycles. The van der Waals surface area contributed by atoms with Crippen molar-refractivity contribution in [2.24, 2.45) is 0 Å². The Morgan fingerprint density at radius 2 is 2.03 bits per heavy atom. The van der Waals surface area contributed by atoms with Crippen LogP contribution in [0.3, 0.4) is 0 Å². The number of nitrogens with one attached hydrogen (secondary N) is 1. The summed E-state index contributed by atoms with van der Waals surface area (Å²) in [6.45, 7) is 2.36. The molecule has 1 amide bonds. The summed E-state index contributed by atoms with van der Waals surface area (Å²) < 4.78 is 46.9. The van der Waals surface area contributed by atoms with Gasteiger partial charge >= 0.3 is 6.36 Å². The maximum absolute atomic E-state index is 12.8. The predicted molar refractivity (Wildman–Crippen MR) is 102 cm³/mol. The summed E-state index contributed by atoms with van der Waals surface area (Å²) in [5, 5.41) is 2.97. The molecule has 0 bridgehead atoms. The third-order valence-corrected chi connectivity index (χ3v) is 5.09. The number of aromatic nitrogens is 2. The Balaban J connectivity index is 1.55. The minimum atomic E-state index is -4.77. The number of carbonyl (C=O) groups excluding carboxylic acids is 1. The van der Waals surface area contributed by atoms with Crippen molar-refractivity contribution in [3.8, 4) is 5.75 Å². The number of carbonyl (C=O) groups is 1. The Bertz CT molecular complexity index is 1030. The molecule has 7 nitrogen and oxygen atoms in total. The number of morpholine rings is 1. The first-order chi connectivity index (χ1) is 13.9. The lowest BCUT2D eigenvalue weighted by Gasteiger charge is -2.29. The van der Waals surface area contributed by atoms with Crippen molar-refractivity contribution in [1.29, 1.82) is 0 Å². The highest BCUT2D eigenvalue weighted by Crippen LogP contribution is 2.32. The van der Waals surface area contributed by atoms with Crippen molar-refractivity contribution in [3.05, 3.63) is 42.1 Å². The van der Waals surface area contributed by atoms with Crippen LogP contribution < -0.4 is 15.0 Å². The SMILES string of the molecule is O=C(Nc1nc2ccc(OC(F)(F)F)cc2s1)c1cccnc1N1CCOCC1. The van der Waals surface area contributed by atoms with Gasteiger partial charge in [0.15, 0.2) is 5.13 Å². The van der Waals surface area contributed by atoms with Gasteiger partial charge in [-0.3, -0.25) is 10.1 Å². The van der Waals surface area contributed by atoms with E-state index in [1.54, 1.807) is 18.3 Å². The normalized spacial score (nSPS) is 14.8. The average Bonchev–Trinajstić information content (AvgIpc) is 3.09. The molecular formula is C18H15F3N4O3S. The molecule has 0 spiro atoms. The van der Waals surface area contributed by atoms with E-state index in [-0.39, 0.29) is 10.9 Å². The second-order valence-electron chi connectivity index (χ2n) is 6.12. The maximum Gasteiger partial charge on any atom is 0.573 e. The molecule has 1 aliphatic rings. The van der Waals surface area contributed by atoms with Gasteiger partial charge in [-0.25, -0.2) is 9.97 Å². The minimum Gasteiger partial charge on any atom is -0.406 e. The molecule has 1 N–H and O–H groups in total. The van der Waals surface area contributed by atoms with Gasteiger partial charge in [0.05, 0.1) is 29.0 Å². The fourth-order valence-electron chi connectivity index (χ4n) is 2.92. The molecule has 2 aromatic heterocycles. The summed E-state index contributed by atoms with van der Waals surface area (Å²) in [5.74, 6) is -0.186. The summed E-state index contributed by atoms with van der Waals surface area (Å²) in [6, 6.07) is 7.15. The van der Waals surface area contributed by atoms with Crippen LogP contribution in [0.4, 0.5) is 24.1 Å². The lowest BCUT2D eigenvalue weighted by atomic mass is 10.2. The van der Waals surface area contributed by atoms with Crippen LogP contribution in [0.25, 0.3) is 10.2 Å². The van der Waals surface area contributed by atoms with Crippen LogP contribution in [0.2, 0.25) is 0 Å². The van der Waals surface area contributed by atoms with Gasteiger partial charge in [-0.05, 0) is 24.3 Å². The topological polar surface area (TPSA) is 76.6 Å². The van der Waals surface area contributed by atoms with Gasteiger partial charge < -0.3 is 14.4 Å². The monoisotopic (exact) mass is 424 g/mol. The highest BCUT2D eigenvalue weighted by Gasteiger charge is 2.31. The molecule has 0 saturated carbocycles. The molecule has 1 saturated heterocycles. The predicted octanol–water partition coefficient (Wildman–Crippen LogP) is 3.68. The summed E-state index contributed by atoms with van der Waals surface area (Å²) in [5.41, 5.74) is 0.842. The van der Waals surface area contributed by atoms with Crippen LogP contribution in [0, 0.1) is 0 Å². The molecule has 11 heteroatoms. The van der Waals surface area contributed by atoms with Crippen LogP contribution in [0.15, 0.2) is 36.5 Å². The number of ether oxygens (including phenoxy) is 2. The van der Waals surface area contributed by atoms with E-state index in [4.69, 9.17) is 4.74 Å². The number of thiazole rings is 1. The standard InChI is InChI=1S/C18H15F3N4O3S/c19-18(20,21)28-11-3-4-13-14(10-11)29-17(23-13)24-16(26)12-2-1-5-22-15(12)25-6-8-27-9-7-25/h1-5,10H,6-9H2,(H,23,24,26). The molecule has 0 aliphatic carbocycles. The molecule has 0 unspecified atom stereocenters. The Hall–Kier alpha value is -2.92. The van der Waals surface area contributed by atoms with Crippen molar-refractivity contribution < 1.29 is 27.4 Å². The largest absolute Gasteiger partial charge is 0.573 e. The van der Waals surface area contributed by atoms with Crippen molar-refractivity contribution in [2.75, 3.05) is 36.5 Å². The number of halogens is 3. The molecule has 4 rings (SSSR count). The number of alkyl halides is 3. The first-order valence-corrected chi connectivity index (χ1v) is 9.46. The molecule has 1 aromatic carbocycles. The Kier molecular flexibility index (Phi) is 5.24. The molecule has 29 heavy (non-hydrogen) atoms. The average molecular weight is 424 g/mol. The van der Waals surface area contributed by atoms with E-state index in [0.29, 0.717) is 47.9 Å². The number of amides is 1. The lowest BCUT2D eigenvalue weighted by Crippen LogP contribution is -2.38. The molecule has 152 valence electrons. The highest BCUT2D eigenvalue weighted by molar-refractivity contribution is 7.22. The van der Waals surface area contributed by atoms with Crippen molar-refractivity contribution in [1.82, 2.24) is 9.97 Å². The van der Waals surface area contributed by atoms with Crippen LogP contribution in [0.1, 0.15) is 10.4 Å². The Morgan fingerprint density at radius 1 is 1.24 bits per heavy atom. The van der Waals surface area contributed by atoms with Gasteiger partial charge in [0.1, 0.15) is 11.6 Å². The number of nitrogens with zero attached hydrogens (tertiary/aromatic N) is 3. The van der Waals surface area contributed by atoms with Gasteiger partial charge in [0, 0.05) is 25.4 Å². The first kappa shape index (κ1) is 19.4. The smallest absolute Gasteiger partial charge is 0.406 e. The van der Waals surface area contributed by atoms with Gasteiger partial charge in [-0.2, -0.15) is 0 Å². The van der Waals surface area contributed by atoms with Crippen LogP contribution in [-0.4, -0.2) is 48.5 Å². The van der Waals surface area contributed by atoms with Gasteiger partial charge in [-0.15, -0.1) is 13.2 Å². The number of hydrogen-bond acceptors (Lipinski definition) is 7. The lowest BCUT2D eigenvalue weighted by molar-refractivity contribution is -0.274. The maximum atomic E-state index is 12.8. The second-order valence-corrected chi connectivity index (χ2v) is 7.16. The number of benzene rings is 1. The van der Waals surface area contributed by atoms with E-state index < -0.39 is 12.3 Å². The fraction of sp³-hybridized carbons (Fsp3) is 0.278. The zero-order chi connectivity index (χ0) is 20.4. The van der Waals surface area contributed by atoms with Crippen LogP contribution in [0.5, 0.6) is 5.75 Å². The third-order valence-electron chi connectivity index (χ3n) is 4.16. The molecular weight excluding hydrogens is 409 g/mol. The van der Waals surface area contributed by atoms with E-state index in [9.17, 15) is 18.0 Å². The first-order valence-electron chi connectivity index (χ1n) is 8.64. The summed E-state index contributed by atoms with van der Waals surface area (Å²) in [6.07, 6.45) is -3.16. The molecule has 1 aliphatic heterocycles. The second kappa shape index (κ2) is 7.84. The van der Waals surface area contributed by atoms with Crippen molar-refractivity contribution in [2.45, 2.75) is 6.36 Å². The van der Waals surface area contributed by atoms with E-state index in [2.05, 4.69) is 20.0 Å². The Morgan fingerprint density at radius 3 is 2.79 bits per heavy atom. The molecule has 0 atom stereocenters. The van der Waals surface area contributed by atoms with E-state index in [1.807, 2.05) is 4.90 Å². The molecule has 0 radical (unpaired) electrons. The van der Waals surface area contributed by atoms with E-state index in [0.717, 1.165) is 11.3 Å². The van der Waals surface area contributed by atoms with Crippen LogP contribution >= 0.6 is 11.3 Å². The van der Waals surface area contributed by atoms with Crippen LogP contribution in [-0.2, 0) is 4.74 Å². The van der Waals surface area contributed by atoms with Gasteiger partial charge in [0.2, 0.25) is 0 Å². The molecule has 3 aromatic rings. The van der Waals surface area contributed by atoms with Gasteiger partial charge in [0.25, 0.3) is 5.91 Å². The molecule has 1 fully saturated rings. The Labute approximate surface area is 167 Å². The summed E-state index contributed by atoms with van der Waals surface area (Å²) in [4.78, 5) is 23.3. The number of hydrogen-bond donors (Lipinski definition) is 1. The number of rotatable bonds is 4. The quantitative estimate of drug-likeness (QED) is 0.689. The summed E-state index contributed by atoms with van der Waals surface area (Å²) in [7, 11) is 0.